The predicted octanol–water partition coefficient (Wildman–Crippen LogP) is 4.82. The van der Waals surface area contributed by atoms with Gasteiger partial charge in [-0.25, -0.2) is 4.98 Å². The number of hydrogen-bond donors (Lipinski definition) is 3. The molecule has 2 aromatic heterocycles. The summed E-state index contributed by atoms with van der Waals surface area (Å²) in [5.41, 5.74) is 10.5. The molecule has 2 heterocycles. The monoisotopic (exact) mass is 421 g/mol. The Balaban J connectivity index is 1.76. The highest BCUT2D eigenvalue weighted by Gasteiger charge is 2.25. The molecular weight excluding hydrogens is 386 g/mol. The molecule has 0 bridgehead atoms. The van der Waals surface area contributed by atoms with E-state index in [1.807, 2.05) is 10.7 Å². The summed E-state index contributed by atoms with van der Waals surface area (Å²) in [6, 6.07) is 10.9. The largest absolute Gasteiger partial charge is 0.364 e. The van der Waals surface area contributed by atoms with Gasteiger partial charge in [0.2, 0.25) is 5.95 Å². The summed E-state index contributed by atoms with van der Waals surface area (Å²) in [4.78, 5) is 9.85. The lowest BCUT2D eigenvalue weighted by molar-refractivity contribution is 0.402. The summed E-state index contributed by atoms with van der Waals surface area (Å²) in [6.45, 7) is 9.30. The maximum absolute atomic E-state index is 6.38. The first-order valence-electron chi connectivity index (χ1n) is 11.5. The van der Waals surface area contributed by atoms with E-state index in [9.17, 15) is 0 Å². The second-order valence-electron chi connectivity index (χ2n) is 9.21. The SMILES string of the molecule is CC(C)c1nn(C(C)C)c2c(NCc3ccccc3)nc(NC3CCCCC3N)nc12. The minimum atomic E-state index is 0.136. The van der Waals surface area contributed by atoms with Crippen molar-refractivity contribution in [2.24, 2.45) is 5.73 Å². The quantitative estimate of drug-likeness (QED) is 0.506. The average Bonchev–Trinajstić information content (AvgIpc) is 3.15. The summed E-state index contributed by atoms with van der Waals surface area (Å²) in [7, 11) is 0. The van der Waals surface area contributed by atoms with Crippen LogP contribution in [-0.4, -0.2) is 31.8 Å². The Labute approximate surface area is 184 Å². The van der Waals surface area contributed by atoms with E-state index in [0.29, 0.717) is 12.5 Å². The van der Waals surface area contributed by atoms with Gasteiger partial charge in [0.1, 0.15) is 11.0 Å². The number of nitrogens with two attached hydrogens (primary N) is 1. The van der Waals surface area contributed by atoms with Gasteiger partial charge in [-0.15, -0.1) is 0 Å². The van der Waals surface area contributed by atoms with Gasteiger partial charge in [-0.2, -0.15) is 10.1 Å². The highest BCUT2D eigenvalue weighted by atomic mass is 15.3. The van der Waals surface area contributed by atoms with E-state index >= 15 is 0 Å². The van der Waals surface area contributed by atoms with Crippen molar-refractivity contribution in [3.05, 3.63) is 41.6 Å². The maximum atomic E-state index is 6.38. The lowest BCUT2D eigenvalue weighted by atomic mass is 9.91. The average molecular weight is 422 g/mol. The fourth-order valence-corrected chi connectivity index (χ4v) is 4.30. The Bertz CT molecular complexity index is 1010. The number of anilines is 2. The fourth-order valence-electron chi connectivity index (χ4n) is 4.30. The van der Waals surface area contributed by atoms with Crippen molar-refractivity contribution < 1.29 is 0 Å². The molecule has 2 atom stereocenters. The van der Waals surface area contributed by atoms with E-state index in [1.165, 1.54) is 18.4 Å². The number of nitrogens with zero attached hydrogens (tertiary/aromatic N) is 4. The van der Waals surface area contributed by atoms with Crippen LogP contribution in [0.25, 0.3) is 11.0 Å². The molecule has 0 spiro atoms. The standard InChI is InChI=1S/C24H35N7/c1-15(2)20-21-22(31(30-20)16(3)4)23(26-14-17-10-6-5-7-11-17)29-24(28-21)27-19-13-9-8-12-18(19)25/h5-7,10-11,15-16,18-19H,8-9,12-14,25H2,1-4H3,(H2,26,27,28,29). The molecule has 7 heteroatoms. The Morgan fingerprint density at radius 2 is 1.81 bits per heavy atom. The van der Waals surface area contributed by atoms with Crippen molar-refractivity contribution in [1.29, 1.82) is 0 Å². The van der Waals surface area contributed by atoms with Gasteiger partial charge >= 0.3 is 0 Å². The maximum Gasteiger partial charge on any atom is 0.225 e. The van der Waals surface area contributed by atoms with Crippen molar-refractivity contribution >= 4 is 22.8 Å². The van der Waals surface area contributed by atoms with Crippen LogP contribution in [0.5, 0.6) is 0 Å². The Kier molecular flexibility index (Phi) is 6.41. The molecule has 1 aliphatic carbocycles. The summed E-state index contributed by atoms with van der Waals surface area (Å²) in [5, 5.41) is 12.0. The van der Waals surface area contributed by atoms with Gasteiger partial charge in [0.25, 0.3) is 0 Å². The first-order valence-corrected chi connectivity index (χ1v) is 11.5. The molecular formula is C24H35N7. The molecule has 2 unspecified atom stereocenters. The first-order chi connectivity index (χ1) is 14.9. The second-order valence-corrected chi connectivity index (χ2v) is 9.21. The number of hydrogen-bond acceptors (Lipinski definition) is 6. The zero-order valence-electron chi connectivity index (χ0n) is 19.1. The molecule has 166 valence electrons. The van der Waals surface area contributed by atoms with Crippen LogP contribution < -0.4 is 16.4 Å². The van der Waals surface area contributed by atoms with Crippen molar-refractivity contribution in [2.75, 3.05) is 10.6 Å². The van der Waals surface area contributed by atoms with E-state index in [2.05, 4.69) is 62.6 Å². The van der Waals surface area contributed by atoms with Crippen molar-refractivity contribution in [3.8, 4) is 0 Å². The van der Waals surface area contributed by atoms with E-state index in [-0.39, 0.29) is 24.0 Å². The molecule has 3 aromatic rings. The van der Waals surface area contributed by atoms with Gasteiger partial charge in [-0.05, 0) is 38.2 Å². The van der Waals surface area contributed by atoms with Crippen LogP contribution in [0.1, 0.15) is 76.6 Å². The zero-order chi connectivity index (χ0) is 22.0. The van der Waals surface area contributed by atoms with E-state index < -0.39 is 0 Å². The van der Waals surface area contributed by atoms with Gasteiger partial charge in [0.05, 0.1) is 5.69 Å². The van der Waals surface area contributed by atoms with E-state index in [0.717, 1.165) is 35.4 Å². The Hall–Kier alpha value is -2.67. The molecule has 1 aromatic carbocycles. The van der Waals surface area contributed by atoms with Gasteiger partial charge < -0.3 is 16.4 Å². The number of fused-ring (bicyclic) bond motifs is 1. The zero-order valence-corrected chi connectivity index (χ0v) is 19.1. The lowest BCUT2D eigenvalue weighted by Gasteiger charge is -2.29. The summed E-state index contributed by atoms with van der Waals surface area (Å²) in [6.07, 6.45) is 4.48. The molecule has 7 nitrogen and oxygen atoms in total. The normalized spacial score (nSPS) is 19.3. The number of rotatable bonds is 7. The van der Waals surface area contributed by atoms with Gasteiger partial charge in [0.15, 0.2) is 5.82 Å². The molecule has 0 saturated heterocycles. The number of nitrogens with one attached hydrogen (secondary N) is 2. The fraction of sp³-hybridized carbons (Fsp3) is 0.542. The number of benzene rings is 1. The van der Waals surface area contributed by atoms with E-state index in [1.54, 1.807) is 0 Å². The molecule has 4 N–H and O–H groups in total. The summed E-state index contributed by atoms with van der Waals surface area (Å²) >= 11 is 0. The van der Waals surface area contributed by atoms with Crippen LogP contribution in [0.2, 0.25) is 0 Å². The highest BCUT2D eigenvalue weighted by molar-refractivity contribution is 5.89. The topological polar surface area (TPSA) is 93.7 Å². The molecule has 1 aliphatic rings. The summed E-state index contributed by atoms with van der Waals surface area (Å²) in [5.74, 6) is 1.72. The molecule has 4 rings (SSSR count). The molecule has 1 fully saturated rings. The molecule has 0 aliphatic heterocycles. The lowest BCUT2D eigenvalue weighted by Crippen LogP contribution is -2.43. The molecule has 0 amide bonds. The van der Waals surface area contributed by atoms with Crippen LogP contribution in [0.3, 0.4) is 0 Å². The van der Waals surface area contributed by atoms with Crippen LogP contribution in [0, 0.1) is 0 Å². The summed E-state index contributed by atoms with van der Waals surface area (Å²) < 4.78 is 2.05. The predicted molar refractivity (Wildman–Crippen MR) is 127 cm³/mol. The molecule has 0 radical (unpaired) electrons. The third-order valence-electron chi connectivity index (χ3n) is 6.04. The van der Waals surface area contributed by atoms with Crippen LogP contribution in [0.4, 0.5) is 11.8 Å². The van der Waals surface area contributed by atoms with Crippen molar-refractivity contribution in [3.63, 3.8) is 0 Å². The van der Waals surface area contributed by atoms with Gasteiger partial charge in [-0.1, -0.05) is 57.0 Å². The van der Waals surface area contributed by atoms with E-state index in [4.69, 9.17) is 20.8 Å². The van der Waals surface area contributed by atoms with Gasteiger partial charge in [-0.3, -0.25) is 4.68 Å². The smallest absolute Gasteiger partial charge is 0.225 e. The van der Waals surface area contributed by atoms with Crippen molar-refractivity contribution in [2.45, 2.75) is 84.0 Å². The van der Waals surface area contributed by atoms with Crippen LogP contribution >= 0.6 is 0 Å². The third-order valence-corrected chi connectivity index (χ3v) is 6.04. The first kappa shape index (κ1) is 21.6. The molecule has 31 heavy (non-hydrogen) atoms. The van der Waals surface area contributed by atoms with Gasteiger partial charge in [0, 0.05) is 24.7 Å². The third kappa shape index (κ3) is 4.66. The highest BCUT2D eigenvalue weighted by Crippen LogP contribution is 2.32. The van der Waals surface area contributed by atoms with Crippen molar-refractivity contribution in [1.82, 2.24) is 19.7 Å². The minimum absolute atomic E-state index is 0.136. The Morgan fingerprint density at radius 1 is 1.06 bits per heavy atom. The number of aromatic nitrogens is 4. The second kappa shape index (κ2) is 9.22. The van der Waals surface area contributed by atoms with Crippen LogP contribution in [-0.2, 0) is 6.54 Å². The molecule has 1 saturated carbocycles. The minimum Gasteiger partial charge on any atom is -0.364 e. The Morgan fingerprint density at radius 3 is 2.48 bits per heavy atom. The van der Waals surface area contributed by atoms with Crippen LogP contribution in [0.15, 0.2) is 30.3 Å².